The van der Waals surface area contributed by atoms with Crippen molar-refractivity contribution in [1.29, 1.82) is 0 Å². The lowest BCUT2D eigenvalue weighted by Crippen LogP contribution is -2.02. The summed E-state index contributed by atoms with van der Waals surface area (Å²) < 4.78 is 0. The van der Waals surface area contributed by atoms with Gasteiger partial charge in [0.25, 0.3) is 0 Å². The highest BCUT2D eigenvalue weighted by atomic mass is 14.5. The fraction of sp³-hybridized carbons (Fsp3) is 0.333. The fourth-order valence-electron chi connectivity index (χ4n) is 2.12. The van der Waals surface area contributed by atoms with Crippen LogP contribution in [-0.2, 0) is 0 Å². The average molecular weight is 270 g/mol. The Labute approximate surface area is 122 Å². The molecule has 0 heterocycles. The topological polar surface area (TPSA) is 52.0 Å². The molecule has 1 aromatic rings. The van der Waals surface area contributed by atoms with Crippen molar-refractivity contribution in [3.8, 4) is 0 Å². The minimum Gasteiger partial charge on any atom is -0.399 e. The molecule has 2 heteroatoms. The van der Waals surface area contributed by atoms with Crippen molar-refractivity contribution in [2.24, 2.45) is 5.73 Å². The number of hydrogen-bond donors (Lipinski definition) is 2. The van der Waals surface area contributed by atoms with Crippen LogP contribution in [0.4, 0.5) is 5.69 Å². The first-order valence-electron chi connectivity index (χ1n) is 7.22. The molecule has 2 nitrogen and oxygen atoms in total. The van der Waals surface area contributed by atoms with E-state index in [1.165, 1.54) is 18.4 Å². The van der Waals surface area contributed by atoms with Crippen LogP contribution in [0.5, 0.6) is 0 Å². The van der Waals surface area contributed by atoms with E-state index in [1.807, 2.05) is 37.3 Å². The third-order valence-electron chi connectivity index (χ3n) is 3.46. The maximum Gasteiger partial charge on any atom is 0.0314 e. The zero-order chi connectivity index (χ0) is 15.0. The molecule has 1 atom stereocenters. The van der Waals surface area contributed by atoms with Gasteiger partial charge in [0.1, 0.15) is 0 Å². The van der Waals surface area contributed by atoms with E-state index in [-0.39, 0.29) is 0 Å². The van der Waals surface area contributed by atoms with Gasteiger partial charge in [-0.05, 0) is 42.7 Å². The first kappa shape index (κ1) is 16.1. The maximum absolute atomic E-state index is 5.80. The van der Waals surface area contributed by atoms with Crippen molar-refractivity contribution in [3.63, 3.8) is 0 Å². The smallest absolute Gasteiger partial charge is 0.0314 e. The van der Waals surface area contributed by atoms with Gasteiger partial charge in [-0.3, -0.25) is 0 Å². The second-order valence-corrected chi connectivity index (χ2v) is 5.06. The van der Waals surface area contributed by atoms with Crippen LogP contribution in [0.15, 0.2) is 60.3 Å². The molecule has 1 unspecified atom stereocenters. The third-order valence-corrected chi connectivity index (χ3v) is 3.46. The fourth-order valence-corrected chi connectivity index (χ4v) is 2.12. The van der Waals surface area contributed by atoms with Crippen LogP contribution < -0.4 is 11.5 Å². The lowest BCUT2D eigenvalue weighted by atomic mass is 9.87. The lowest BCUT2D eigenvalue weighted by Gasteiger charge is -2.18. The molecule has 0 saturated carbocycles. The molecule has 0 aliphatic rings. The highest BCUT2D eigenvalue weighted by Crippen LogP contribution is 2.30. The van der Waals surface area contributed by atoms with Gasteiger partial charge in [-0.15, -0.1) is 0 Å². The molecule has 0 aromatic heterocycles. The molecule has 0 aliphatic carbocycles. The largest absolute Gasteiger partial charge is 0.399 e. The van der Waals surface area contributed by atoms with Crippen molar-refractivity contribution in [3.05, 3.63) is 65.9 Å². The van der Waals surface area contributed by atoms with Gasteiger partial charge in [-0.1, -0.05) is 50.6 Å². The van der Waals surface area contributed by atoms with Gasteiger partial charge < -0.3 is 11.5 Å². The van der Waals surface area contributed by atoms with Gasteiger partial charge >= 0.3 is 0 Å². The molecule has 1 rings (SSSR count). The monoisotopic (exact) mass is 270 g/mol. The summed E-state index contributed by atoms with van der Waals surface area (Å²) in [6.45, 7) is 8.34. The Kier molecular flexibility index (Phi) is 6.65. The summed E-state index contributed by atoms with van der Waals surface area (Å²) in [5, 5.41) is 0. The molecule has 0 fully saturated rings. The SMILES string of the molecule is C=C(/C=C\C(N)=C/C)C(CCCC)c1ccc(N)cc1. The summed E-state index contributed by atoms with van der Waals surface area (Å²) in [6, 6.07) is 8.08. The normalized spacial score (nSPS) is 13.6. The van der Waals surface area contributed by atoms with Gasteiger partial charge in [0, 0.05) is 17.3 Å². The predicted octanol–water partition coefficient (Wildman–Crippen LogP) is 4.52. The van der Waals surface area contributed by atoms with E-state index >= 15 is 0 Å². The highest BCUT2D eigenvalue weighted by Gasteiger charge is 2.12. The zero-order valence-electron chi connectivity index (χ0n) is 12.6. The Morgan fingerprint density at radius 2 is 1.90 bits per heavy atom. The third kappa shape index (κ3) is 4.96. The Morgan fingerprint density at radius 1 is 1.25 bits per heavy atom. The summed E-state index contributed by atoms with van der Waals surface area (Å²) >= 11 is 0. The molecular weight excluding hydrogens is 244 g/mol. The van der Waals surface area contributed by atoms with E-state index < -0.39 is 0 Å². The van der Waals surface area contributed by atoms with Crippen molar-refractivity contribution in [1.82, 2.24) is 0 Å². The van der Waals surface area contributed by atoms with Crippen molar-refractivity contribution >= 4 is 5.69 Å². The number of nitrogens with two attached hydrogens (primary N) is 2. The molecule has 0 saturated heterocycles. The first-order valence-corrected chi connectivity index (χ1v) is 7.22. The van der Waals surface area contributed by atoms with Crippen LogP contribution in [0.1, 0.15) is 44.6 Å². The molecule has 0 bridgehead atoms. The Bertz CT molecular complexity index is 481. The maximum atomic E-state index is 5.80. The van der Waals surface area contributed by atoms with Crippen LogP contribution >= 0.6 is 0 Å². The Hall–Kier alpha value is -1.96. The van der Waals surface area contributed by atoms with Gasteiger partial charge in [0.05, 0.1) is 0 Å². The van der Waals surface area contributed by atoms with Crippen LogP contribution in [-0.4, -0.2) is 0 Å². The van der Waals surface area contributed by atoms with Crippen LogP contribution in [0, 0.1) is 0 Å². The molecule has 20 heavy (non-hydrogen) atoms. The highest BCUT2D eigenvalue weighted by molar-refractivity contribution is 5.43. The number of hydrogen-bond acceptors (Lipinski definition) is 2. The van der Waals surface area contributed by atoms with Gasteiger partial charge in [-0.2, -0.15) is 0 Å². The quantitative estimate of drug-likeness (QED) is 0.565. The van der Waals surface area contributed by atoms with Crippen LogP contribution in [0.2, 0.25) is 0 Å². The van der Waals surface area contributed by atoms with Crippen molar-refractivity contribution < 1.29 is 0 Å². The number of anilines is 1. The molecule has 108 valence electrons. The lowest BCUT2D eigenvalue weighted by molar-refractivity contribution is 0.651. The number of unbranched alkanes of at least 4 members (excludes halogenated alkanes) is 1. The summed E-state index contributed by atoms with van der Waals surface area (Å²) in [6.07, 6.45) is 9.28. The standard InChI is InChI=1S/C18H26N2/c1-4-6-7-18(14(3)8-11-16(19)5-2)15-9-12-17(20)13-10-15/h5,8-13,18H,3-4,6-7,19-20H2,1-2H3/b11-8-,16-5+. The predicted molar refractivity (Wildman–Crippen MR) is 89.3 cm³/mol. The van der Waals surface area contributed by atoms with Crippen LogP contribution in [0.3, 0.4) is 0 Å². The van der Waals surface area contributed by atoms with Gasteiger partial charge in [0.2, 0.25) is 0 Å². The van der Waals surface area contributed by atoms with Gasteiger partial charge in [0.15, 0.2) is 0 Å². The van der Waals surface area contributed by atoms with E-state index in [9.17, 15) is 0 Å². The summed E-state index contributed by atoms with van der Waals surface area (Å²) in [4.78, 5) is 0. The molecule has 0 amide bonds. The Morgan fingerprint density at radius 3 is 2.45 bits per heavy atom. The summed E-state index contributed by atoms with van der Waals surface area (Å²) in [5.41, 5.74) is 15.5. The molecular formula is C18H26N2. The van der Waals surface area contributed by atoms with E-state index in [1.54, 1.807) is 0 Å². The van der Waals surface area contributed by atoms with E-state index in [0.717, 1.165) is 23.4 Å². The second kappa shape index (κ2) is 8.26. The minimum atomic E-state index is 0.330. The number of nitrogen functional groups attached to an aromatic ring is 1. The Balaban J connectivity index is 2.91. The molecule has 1 aromatic carbocycles. The molecule has 4 N–H and O–H groups in total. The molecule has 0 radical (unpaired) electrons. The van der Waals surface area contributed by atoms with Gasteiger partial charge in [-0.25, -0.2) is 0 Å². The van der Waals surface area contributed by atoms with Crippen LogP contribution in [0.25, 0.3) is 0 Å². The van der Waals surface area contributed by atoms with E-state index in [2.05, 4.69) is 25.6 Å². The number of rotatable bonds is 7. The first-order chi connectivity index (χ1) is 9.58. The number of allylic oxidation sites excluding steroid dienone is 4. The second-order valence-electron chi connectivity index (χ2n) is 5.06. The van der Waals surface area contributed by atoms with E-state index in [4.69, 9.17) is 11.5 Å². The van der Waals surface area contributed by atoms with Crippen molar-refractivity contribution in [2.45, 2.75) is 39.0 Å². The molecule has 0 aliphatic heterocycles. The average Bonchev–Trinajstić information content (AvgIpc) is 2.46. The minimum absolute atomic E-state index is 0.330. The number of benzene rings is 1. The van der Waals surface area contributed by atoms with Crippen molar-refractivity contribution in [2.75, 3.05) is 5.73 Å². The van der Waals surface area contributed by atoms with E-state index in [0.29, 0.717) is 5.92 Å². The zero-order valence-corrected chi connectivity index (χ0v) is 12.6. The molecule has 0 spiro atoms. The summed E-state index contributed by atoms with van der Waals surface area (Å²) in [7, 11) is 0. The summed E-state index contributed by atoms with van der Waals surface area (Å²) in [5.74, 6) is 0.330.